The Labute approximate surface area is 134 Å². The van der Waals surface area contributed by atoms with E-state index in [0.29, 0.717) is 28.8 Å². The van der Waals surface area contributed by atoms with E-state index in [0.717, 1.165) is 5.56 Å². The maximum Gasteiger partial charge on any atom is 0.225 e. The van der Waals surface area contributed by atoms with E-state index < -0.39 is 0 Å². The van der Waals surface area contributed by atoms with Gasteiger partial charge in [0.15, 0.2) is 17.3 Å². The summed E-state index contributed by atoms with van der Waals surface area (Å²) in [5, 5.41) is 6.95. The number of Topliss-reactive ketones (excluding diaryl/α,β-unsaturated/α-hetero) is 1. The van der Waals surface area contributed by atoms with Gasteiger partial charge in [0.2, 0.25) is 11.6 Å². The fourth-order valence-electron chi connectivity index (χ4n) is 2.02. The van der Waals surface area contributed by atoms with Crippen molar-refractivity contribution in [3.63, 3.8) is 0 Å². The number of hydrogen-bond donors (Lipinski definition) is 1. The summed E-state index contributed by atoms with van der Waals surface area (Å²) in [6, 6.07) is 4.91. The van der Waals surface area contributed by atoms with Crippen LogP contribution in [0, 0.1) is 0 Å². The summed E-state index contributed by atoms with van der Waals surface area (Å²) in [4.78, 5) is 11.3. The Bertz CT molecular complexity index is 671. The van der Waals surface area contributed by atoms with Crippen LogP contribution in [0.25, 0.3) is 11.3 Å². The molecule has 0 amide bonds. The largest absolute Gasteiger partial charge is 0.493 e. The van der Waals surface area contributed by atoms with E-state index in [2.05, 4.69) is 10.5 Å². The van der Waals surface area contributed by atoms with Crippen molar-refractivity contribution in [2.75, 3.05) is 26.6 Å². The molecule has 0 spiro atoms. The first-order valence-electron chi connectivity index (χ1n) is 7.04. The van der Waals surface area contributed by atoms with Gasteiger partial charge in [0.25, 0.3) is 0 Å². The lowest BCUT2D eigenvalue weighted by Gasteiger charge is -2.13. The number of nitrogens with zero attached hydrogens (tertiary/aromatic N) is 1. The molecule has 0 aliphatic heterocycles. The SMILES string of the molecule is COc1cc(-c2cc(NC(C)C(C)=O)on2)cc(OC)c1OC. The second-order valence-corrected chi connectivity index (χ2v) is 4.97. The van der Waals surface area contributed by atoms with Crippen molar-refractivity contribution in [2.24, 2.45) is 0 Å². The van der Waals surface area contributed by atoms with Crippen LogP contribution in [0.2, 0.25) is 0 Å². The minimum absolute atomic E-state index is 0.00994. The van der Waals surface area contributed by atoms with Crippen LogP contribution in [0.1, 0.15) is 13.8 Å². The van der Waals surface area contributed by atoms with E-state index in [-0.39, 0.29) is 11.8 Å². The van der Waals surface area contributed by atoms with Gasteiger partial charge in [-0.15, -0.1) is 0 Å². The quantitative estimate of drug-likeness (QED) is 0.839. The number of anilines is 1. The van der Waals surface area contributed by atoms with Crippen LogP contribution in [0.15, 0.2) is 22.7 Å². The van der Waals surface area contributed by atoms with E-state index in [4.69, 9.17) is 18.7 Å². The summed E-state index contributed by atoms with van der Waals surface area (Å²) in [5.41, 5.74) is 1.33. The normalized spacial score (nSPS) is 11.7. The Kier molecular flexibility index (Phi) is 5.10. The maximum atomic E-state index is 11.3. The van der Waals surface area contributed by atoms with Crippen molar-refractivity contribution in [1.29, 1.82) is 0 Å². The Morgan fingerprint density at radius 3 is 2.22 bits per heavy atom. The molecule has 124 valence electrons. The second kappa shape index (κ2) is 7.04. The highest BCUT2D eigenvalue weighted by atomic mass is 16.5. The van der Waals surface area contributed by atoms with Gasteiger partial charge >= 0.3 is 0 Å². The van der Waals surface area contributed by atoms with Crippen molar-refractivity contribution >= 4 is 11.7 Å². The number of ketones is 1. The number of rotatable bonds is 7. The van der Waals surface area contributed by atoms with E-state index in [9.17, 15) is 4.79 Å². The van der Waals surface area contributed by atoms with Crippen LogP contribution in [-0.4, -0.2) is 38.3 Å². The summed E-state index contributed by atoms with van der Waals surface area (Å²) < 4.78 is 21.1. The zero-order valence-electron chi connectivity index (χ0n) is 13.8. The average Bonchev–Trinajstić information content (AvgIpc) is 3.01. The fourth-order valence-corrected chi connectivity index (χ4v) is 2.02. The molecule has 7 nitrogen and oxygen atoms in total. The number of hydrogen-bond acceptors (Lipinski definition) is 7. The topological polar surface area (TPSA) is 82.8 Å². The van der Waals surface area contributed by atoms with Crippen molar-refractivity contribution in [3.05, 3.63) is 18.2 Å². The second-order valence-electron chi connectivity index (χ2n) is 4.97. The minimum Gasteiger partial charge on any atom is -0.493 e. The molecular weight excluding hydrogens is 300 g/mol. The smallest absolute Gasteiger partial charge is 0.225 e. The zero-order chi connectivity index (χ0) is 17.0. The van der Waals surface area contributed by atoms with Gasteiger partial charge in [-0.25, -0.2) is 0 Å². The monoisotopic (exact) mass is 320 g/mol. The number of methoxy groups -OCH3 is 3. The molecule has 0 bridgehead atoms. The summed E-state index contributed by atoms with van der Waals surface area (Å²) in [6.45, 7) is 3.26. The van der Waals surface area contributed by atoms with Gasteiger partial charge in [-0.2, -0.15) is 0 Å². The molecule has 1 aromatic heterocycles. The van der Waals surface area contributed by atoms with Crippen molar-refractivity contribution in [3.8, 4) is 28.5 Å². The van der Waals surface area contributed by atoms with Gasteiger partial charge in [0, 0.05) is 11.6 Å². The molecule has 0 fully saturated rings. The molecule has 7 heteroatoms. The van der Waals surface area contributed by atoms with E-state index >= 15 is 0 Å². The molecule has 0 saturated carbocycles. The minimum atomic E-state index is -0.351. The van der Waals surface area contributed by atoms with Gasteiger partial charge in [-0.1, -0.05) is 5.16 Å². The van der Waals surface area contributed by atoms with Gasteiger partial charge in [0.1, 0.15) is 5.69 Å². The molecule has 1 aromatic carbocycles. The van der Waals surface area contributed by atoms with E-state index in [1.165, 1.54) is 6.92 Å². The summed E-state index contributed by atoms with van der Waals surface area (Å²) in [6.07, 6.45) is 0. The molecule has 2 aromatic rings. The Morgan fingerprint density at radius 2 is 1.74 bits per heavy atom. The number of benzene rings is 1. The third kappa shape index (κ3) is 3.56. The van der Waals surface area contributed by atoms with Crippen molar-refractivity contribution in [1.82, 2.24) is 5.16 Å². The van der Waals surface area contributed by atoms with Crippen LogP contribution < -0.4 is 19.5 Å². The lowest BCUT2D eigenvalue weighted by Crippen LogP contribution is -2.22. The molecule has 1 heterocycles. The molecular formula is C16H20N2O5. The van der Waals surface area contributed by atoms with Crippen molar-refractivity contribution in [2.45, 2.75) is 19.9 Å². The standard InChI is InChI=1S/C16H20N2O5/c1-9(10(2)19)17-15-8-12(18-23-15)11-6-13(20-3)16(22-5)14(7-11)21-4/h6-9,17H,1-5H3. The Balaban J connectivity index is 2.35. The predicted molar refractivity (Wildman–Crippen MR) is 85.4 cm³/mol. The van der Waals surface area contributed by atoms with E-state index in [1.54, 1.807) is 46.5 Å². The lowest BCUT2D eigenvalue weighted by atomic mass is 10.1. The van der Waals surface area contributed by atoms with Gasteiger partial charge in [0.05, 0.1) is 27.4 Å². The van der Waals surface area contributed by atoms with Gasteiger partial charge in [-0.3, -0.25) is 4.79 Å². The van der Waals surface area contributed by atoms with Gasteiger partial charge < -0.3 is 24.1 Å². The lowest BCUT2D eigenvalue weighted by molar-refractivity contribution is -0.117. The average molecular weight is 320 g/mol. The molecule has 0 radical (unpaired) electrons. The van der Waals surface area contributed by atoms with Crippen LogP contribution in [0.3, 0.4) is 0 Å². The molecule has 0 aliphatic rings. The third-order valence-electron chi connectivity index (χ3n) is 3.44. The molecule has 1 unspecified atom stereocenters. The molecule has 1 N–H and O–H groups in total. The Morgan fingerprint density at radius 1 is 1.13 bits per heavy atom. The number of nitrogens with one attached hydrogen (secondary N) is 1. The molecule has 23 heavy (non-hydrogen) atoms. The Hall–Kier alpha value is -2.70. The molecule has 1 atom stereocenters. The number of ether oxygens (including phenoxy) is 3. The molecule has 2 rings (SSSR count). The highest BCUT2D eigenvalue weighted by Gasteiger charge is 2.17. The number of carbonyl (C=O) groups is 1. The third-order valence-corrected chi connectivity index (χ3v) is 3.44. The van der Waals surface area contributed by atoms with Crippen LogP contribution in [0.4, 0.5) is 5.88 Å². The van der Waals surface area contributed by atoms with Crippen LogP contribution >= 0.6 is 0 Å². The zero-order valence-corrected chi connectivity index (χ0v) is 13.8. The summed E-state index contributed by atoms with van der Waals surface area (Å²) in [5.74, 6) is 1.98. The summed E-state index contributed by atoms with van der Waals surface area (Å²) >= 11 is 0. The van der Waals surface area contributed by atoms with Crippen LogP contribution in [0.5, 0.6) is 17.2 Å². The van der Waals surface area contributed by atoms with Crippen molar-refractivity contribution < 1.29 is 23.5 Å². The van der Waals surface area contributed by atoms with Crippen LogP contribution in [-0.2, 0) is 4.79 Å². The predicted octanol–water partition coefficient (Wildman–Crippen LogP) is 2.76. The highest BCUT2D eigenvalue weighted by Crippen LogP contribution is 2.41. The summed E-state index contributed by atoms with van der Waals surface area (Å²) in [7, 11) is 4.64. The first-order chi connectivity index (χ1) is 11.0. The molecule has 0 aliphatic carbocycles. The first kappa shape index (κ1) is 16.7. The number of aromatic nitrogens is 1. The molecule has 0 saturated heterocycles. The van der Waals surface area contributed by atoms with E-state index in [1.807, 2.05) is 0 Å². The first-order valence-corrected chi connectivity index (χ1v) is 7.04. The number of carbonyl (C=O) groups excluding carboxylic acids is 1. The van der Waals surface area contributed by atoms with Gasteiger partial charge in [-0.05, 0) is 26.0 Å². The maximum absolute atomic E-state index is 11.3. The fraction of sp³-hybridized carbons (Fsp3) is 0.375. The highest BCUT2D eigenvalue weighted by molar-refractivity contribution is 5.83.